The van der Waals surface area contributed by atoms with Crippen molar-refractivity contribution < 1.29 is 4.79 Å². The van der Waals surface area contributed by atoms with E-state index in [9.17, 15) is 4.79 Å². The molecule has 0 aromatic rings. The first-order valence-corrected chi connectivity index (χ1v) is 5.71. The van der Waals surface area contributed by atoms with Crippen LogP contribution in [0.5, 0.6) is 0 Å². The van der Waals surface area contributed by atoms with Crippen LogP contribution in [-0.2, 0) is 4.79 Å². The lowest BCUT2D eigenvalue weighted by Gasteiger charge is -2.27. The maximum Gasteiger partial charge on any atom is 0.130 e. The van der Waals surface area contributed by atoms with Crippen LogP contribution in [0.25, 0.3) is 0 Å². The molecule has 76 valence electrons. The Morgan fingerprint density at radius 1 is 1.15 bits per heavy atom. The van der Waals surface area contributed by atoms with E-state index in [1.54, 1.807) is 6.92 Å². The van der Waals surface area contributed by atoms with Crippen LogP contribution >= 0.6 is 0 Å². The smallest absolute Gasteiger partial charge is 0.130 e. The zero-order chi connectivity index (χ0) is 9.68. The molecule has 0 aliphatic heterocycles. The van der Waals surface area contributed by atoms with E-state index in [4.69, 9.17) is 0 Å². The summed E-state index contributed by atoms with van der Waals surface area (Å²) in [6, 6.07) is 0. The highest BCUT2D eigenvalue weighted by Crippen LogP contribution is 2.33. The molecule has 0 bridgehead atoms. The van der Waals surface area contributed by atoms with E-state index >= 15 is 0 Å². The number of hydrogen-bond donors (Lipinski definition) is 0. The minimum absolute atomic E-state index is 0.374. The second-order valence-electron chi connectivity index (χ2n) is 4.58. The van der Waals surface area contributed by atoms with Gasteiger partial charge in [0.2, 0.25) is 0 Å². The Hall–Kier alpha value is -0.330. The van der Waals surface area contributed by atoms with Gasteiger partial charge in [-0.1, -0.05) is 32.6 Å². The molecule has 0 unspecified atom stereocenters. The normalized spacial score (nSPS) is 28.8. The van der Waals surface area contributed by atoms with Crippen molar-refractivity contribution in [3.8, 4) is 0 Å². The third-order valence-electron chi connectivity index (χ3n) is 3.24. The third-order valence-corrected chi connectivity index (χ3v) is 3.24. The lowest BCUT2D eigenvalue weighted by Crippen LogP contribution is -2.16. The molecule has 1 rings (SSSR count). The molecule has 1 saturated carbocycles. The van der Waals surface area contributed by atoms with Gasteiger partial charge < -0.3 is 4.79 Å². The summed E-state index contributed by atoms with van der Waals surface area (Å²) in [6.07, 6.45) is 8.87. The minimum Gasteiger partial charge on any atom is -0.300 e. The zero-order valence-corrected chi connectivity index (χ0v) is 9.01. The summed E-state index contributed by atoms with van der Waals surface area (Å²) in [6.45, 7) is 3.99. The van der Waals surface area contributed by atoms with Crippen molar-refractivity contribution >= 4 is 5.78 Å². The second-order valence-corrected chi connectivity index (χ2v) is 4.58. The third kappa shape index (κ3) is 3.93. The average Bonchev–Trinajstić information content (AvgIpc) is 2.08. The first kappa shape index (κ1) is 10.7. The Kier molecular flexibility index (Phi) is 4.47. The average molecular weight is 182 g/mol. The van der Waals surface area contributed by atoms with Crippen molar-refractivity contribution in [2.75, 3.05) is 0 Å². The molecule has 1 heteroatoms. The fourth-order valence-corrected chi connectivity index (χ4v) is 2.54. The van der Waals surface area contributed by atoms with Crippen molar-refractivity contribution in [3.05, 3.63) is 0 Å². The van der Waals surface area contributed by atoms with Crippen molar-refractivity contribution in [1.82, 2.24) is 0 Å². The van der Waals surface area contributed by atoms with Crippen LogP contribution in [0.2, 0.25) is 0 Å². The Morgan fingerprint density at radius 3 is 2.15 bits per heavy atom. The molecule has 13 heavy (non-hydrogen) atoms. The molecule has 0 radical (unpaired) electrons. The first-order valence-electron chi connectivity index (χ1n) is 5.71. The van der Waals surface area contributed by atoms with Crippen molar-refractivity contribution in [2.45, 2.75) is 58.8 Å². The highest BCUT2D eigenvalue weighted by atomic mass is 16.1. The maximum absolute atomic E-state index is 10.9. The fraction of sp³-hybridized carbons (Fsp3) is 0.917. The van der Waals surface area contributed by atoms with E-state index in [2.05, 4.69) is 6.92 Å². The number of rotatable bonds is 4. The van der Waals surface area contributed by atoms with E-state index < -0.39 is 0 Å². The predicted molar refractivity (Wildman–Crippen MR) is 55.7 cm³/mol. The van der Waals surface area contributed by atoms with Gasteiger partial charge in [0.15, 0.2) is 0 Å². The SMILES string of the molecule is CCCC1CCC(CC(C)=O)CC1. The number of carbonyl (C=O) groups is 1. The quantitative estimate of drug-likeness (QED) is 0.649. The molecule has 0 heterocycles. The van der Waals surface area contributed by atoms with Crippen molar-refractivity contribution in [3.63, 3.8) is 0 Å². The summed E-state index contributed by atoms with van der Waals surface area (Å²) in [7, 11) is 0. The molecule has 1 fully saturated rings. The van der Waals surface area contributed by atoms with Gasteiger partial charge in [-0.15, -0.1) is 0 Å². The number of carbonyl (C=O) groups excluding carboxylic acids is 1. The molecule has 0 N–H and O–H groups in total. The van der Waals surface area contributed by atoms with E-state index in [-0.39, 0.29) is 0 Å². The topological polar surface area (TPSA) is 17.1 Å². The largest absolute Gasteiger partial charge is 0.300 e. The molecule has 1 aliphatic carbocycles. The summed E-state index contributed by atoms with van der Waals surface area (Å²) in [5.74, 6) is 2.05. The van der Waals surface area contributed by atoms with Crippen LogP contribution in [-0.4, -0.2) is 5.78 Å². The van der Waals surface area contributed by atoms with Crippen LogP contribution in [0, 0.1) is 11.8 Å². The second kappa shape index (κ2) is 5.41. The van der Waals surface area contributed by atoms with Crippen LogP contribution < -0.4 is 0 Å². The molecule has 1 nitrogen and oxygen atoms in total. The Labute approximate surface area is 81.9 Å². The van der Waals surface area contributed by atoms with E-state index in [1.165, 1.54) is 38.5 Å². The lowest BCUT2D eigenvalue weighted by atomic mass is 9.78. The van der Waals surface area contributed by atoms with Gasteiger partial charge in [0.25, 0.3) is 0 Å². The molecule has 0 saturated heterocycles. The monoisotopic (exact) mass is 182 g/mol. The molecule has 0 aromatic heterocycles. The van der Waals surface area contributed by atoms with Gasteiger partial charge in [-0.25, -0.2) is 0 Å². The summed E-state index contributed by atoms with van der Waals surface area (Å²) in [5, 5.41) is 0. The fourth-order valence-electron chi connectivity index (χ4n) is 2.54. The molecular formula is C12H22O. The summed E-state index contributed by atoms with van der Waals surface area (Å²) in [5.41, 5.74) is 0. The Balaban J connectivity index is 2.18. The minimum atomic E-state index is 0.374. The van der Waals surface area contributed by atoms with Gasteiger partial charge >= 0.3 is 0 Å². The van der Waals surface area contributed by atoms with Crippen molar-refractivity contribution in [1.29, 1.82) is 0 Å². The molecular weight excluding hydrogens is 160 g/mol. The first-order chi connectivity index (χ1) is 6.22. The predicted octanol–water partition coefficient (Wildman–Crippen LogP) is 3.57. The lowest BCUT2D eigenvalue weighted by molar-refractivity contribution is -0.118. The highest BCUT2D eigenvalue weighted by molar-refractivity contribution is 5.75. The van der Waals surface area contributed by atoms with Gasteiger partial charge in [-0.2, -0.15) is 0 Å². The number of Topliss-reactive ketones (excluding diaryl/α,β-unsaturated/α-hetero) is 1. The van der Waals surface area contributed by atoms with Gasteiger partial charge in [-0.3, -0.25) is 0 Å². The van der Waals surface area contributed by atoms with E-state index in [0.717, 1.165) is 12.3 Å². The molecule has 1 aliphatic rings. The van der Waals surface area contributed by atoms with Crippen LogP contribution in [0.4, 0.5) is 0 Å². The molecule has 0 spiro atoms. The van der Waals surface area contributed by atoms with Crippen LogP contribution in [0.1, 0.15) is 58.8 Å². The van der Waals surface area contributed by atoms with Crippen molar-refractivity contribution in [2.24, 2.45) is 11.8 Å². The number of hydrogen-bond acceptors (Lipinski definition) is 1. The molecule has 0 amide bonds. The van der Waals surface area contributed by atoms with E-state index in [0.29, 0.717) is 11.7 Å². The van der Waals surface area contributed by atoms with E-state index in [1.807, 2.05) is 0 Å². The van der Waals surface area contributed by atoms with Gasteiger partial charge in [0.05, 0.1) is 0 Å². The highest BCUT2D eigenvalue weighted by Gasteiger charge is 2.21. The Bertz CT molecular complexity index is 155. The van der Waals surface area contributed by atoms with Crippen LogP contribution in [0.3, 0.4) is 0 Å². The Morgan fingerprint density at radius 2 is 1.69 bits per heavy atom. The van der Waals surface area contributed by atoms with Crippen LogP contribution in [0.15, 0.2) is 0 Å². The summed E-state index contributed by atoms with van der Waals surface area (Å²) >= 11 is 0. The van der Waals surface area contributed by atoms with Gasteiger partial charge in [0, 0.05) is 6.42 Å². The summed E-state index contributed by atoms with van der Waals surface area (Å²) < 4.78 is 0. The number of ketones is 1. The van der Waals surface area contributed by atoms with Gasteiger partial charge in [0.1, 0.15) is 5.78 Å². The molecule has 0 atom stereocenters. The summed E-state index contributed by atoms with van der Waals surface area (Å²) in [4.78, 5) is 10.9. The van der Waals surface area contributed by atoms with Gasteiger partial charge in [-0.05, 0) is 31.6 Å². The maximum atomic E-state index is 10.9. The standard InChI is InChI=1S/C12H22O/c1-3-4-11-5-7-12(8-6-11)9-10(2)13/h11-12H,3-9H2,1-2H3. The zero-order valence-electron chi connectivity index (χ0n) is 9.01. The molecule has 0 aromatic carbocycles.